The van der Waals surface area contributed by atoms with Crippen molar-refractivity contribution < 1.29 is 13.9 Å². The summed E-state index contributed by atoms with van der Waals surface area (Å²) in [6.45, 7) is 4.24. The molecule has 0 aliphatic carbocycles. The number of anilines is 6. The van der Waals surface area contributed by atoms with E-state index in [9.17, 15) is 5.11 Å². The number of nitrogens with zero attached hydrogens (tertiary/aromatic N) is 2. The van der Waals surface area contributed by atoms with Crippen LogP contribution in [0.15, 0.2) is 294 Å². The van der Waals surface area contributed by atoms with Crippen molar-refractivity contribution in [2.24, 2.45) is 0 Å². The third-order valence-electron chi connectivity index (χ3n) is 16.4. The summed E-state index contributed by atoms with van der Waals surface area (Å²) >= 11 is 0. The Morgan fingerprint density at radius 3 is 1.40 bits per heavy atom. The van der Waals surface area contributed by atoms with Crippen LogP contribution < -0.4 is 9.80 Å². The van der Waals surface area contributed by atoms with E-state index in [2.05, 4.69) is 278 Å². The van der Waals surface area contributed by atoms with E-state index in [1.165, 1.54) is 5.56 Å². The normalized spacial score (nSPS) is 11.5. The Kier molecular flexibility index (Phi) is 12.1. The van der Waals surface area contributed by atoms with Gasteiger partial charge in [-0.3, -0.25) is 0 Å². The molecule has 1 N–H and O–H groups in total. The van der Waals surface area contributed by atoms with Gasteiger partial charge in [0.2, 0.25) is 0 Å². The van der Waals surface area contributed by atoms with Gasteiger partial charge in [-0.1, -0.05) is 218 Å². The molecule has 15 rings (SSSR count). The third kappa shape index (κ3) is 8.57. The van der Waals surface area contributed by atoms with Crippen LogP contribution in [0.2, 0.25) is 0 Å². The van der Waals surface area contributed by atoms with E-state index in [-0.39, 0.29) is 5.75 Å². The molecule has 13 aromatic carbocycles. The predicted molar refractivity (Wildman–Crippen MR) is 346 cm³/mol. The van der Waals surface area contributed by atoms with Crippen molar-refractivity contribution in [3.63, 3.8) is 0 Å². The lowest BCUT2D eigenvalue weighted by atomic mass is 9.94. The van der Waals surface area contributed by atoms with Crippen LogP contribution in [0.1, 0.15) is 11.1 Å². The highest BCUT2D eigenvalue weighted by molar-refractivity contribution is 6.23. The Morgan fingerprint density at radius 2 is 0.735 bits per heavy atom. The number of fused-ring (bicyclic) bond motifs is 8. The number of hydrogen-bond acceptors (Lipinski definition) is 5. The summed E-state index contributed by atoms with van der Waals surface area (Å²) in [6, 6.07) is 100. The molecule has 0 saturated heterocycles. The molecule has 0 saturated carbocycles. The molecular weight excluding hydrogens is 1010 g/mol. The topological polar surface area (TPSA) is 53.0 Å². The molecule has 0 amide bonds. The number of aryl methyl sites for hydroxylation is 2. The van der Waals surface area contributed by atoms with E-state index >= 15 is 0 Å². The van der Waals surface area contributed by atoms with Crippen molar-refractivity contribution in [2.75, 3.05) is 9.80 Å². The van der Waals surface area contributed by atoms with Gasteiger partial charge in [0, 0.05) is 72.8 Å². The Morgan fingerprint density at radius 1 is 0.277 bits per heavy atom. The lowest BCUT2D eigenvalue weighted by molar-refractivity contribution is 0.479. The first kappa shape index (κ1) is 49.2. The van der Waals surface area contributed by atoms with Gasteiger partial charge in [0.25, 0.3) is 0 Å². The minimum Gasteiger partial charge on any atom is -0.507 e. The number of phenols is 1. The second kappa shape index (κ2) is 20.3. The highest BCUT2D eigenvalue weighted by atomic mass is 16.3. The quantitative estimate of drug-likeness (QED) is 0.140. The molecule has 15 aromatic rings. The van der Waals surface area contributed by atoms with Gasteiger partial charge in [-0.25, -0.2) is 0 Å². The van der Waals surface area contributed by atoms with Gasteiger partial charge in [-0.15, -0.1) is 0 Å². The van der Waals surface area contributed by atoms with Crippen LogP contribution in [0.4, 0.5) is 34.1 Å². The highest BCUT2D eigenvalue weighted by Crippen LogP contribution is 2.50. The maximum atomic E-state index is 12.1. The molecule has 0 spiro atoms. The van der Waals surface area contributed by atoms with Gasteiger partial charge in [0.05, 0.1) is 17.1 Å². The average Bonchev–Trinajstić information content (AvgIpc) is 3.95. The van der Waals surface area contributed by atoms with Crippen LogP contribution >= 0.6 is 0 Å². The van der Waals surface area contributed by atoms with Gasteiger partial charge in [0.15, 0.2) is 5.58 Å². The molecule has 394 valence electrons. The summed E-state index contributed by atoms with van der Waals surface area (Å²) in [7, 11) is 0. The maximum Gasteiger partial charge on any atom is 0.159 e. The molecule has 2 heterocycles. The molecule has 0 bridgehead atoms. The standard InChI is InChI=1S/C78H54N2O3/c1-50-21-9-11-33-61(50)66-38-18-37-63(76(66)81)56-29-17-32-59(47-56)80(58-31-16-28-55(46-58)53-25-7-4-8-26-53)72-49-74-75(65-36-14-13-35-64(65)72)70-44-43-60(48-73(70)82-74)79(57-30-15-27-54(45-57)52-23-5-3-6-24-52)71-42-20-41-69-68-40-19-39-67(77(68)83-78(69)71)62-34-12-10-22-51(62)2/h3-49,81H,1-2H3. The van der Waals surface area contributed by atoms with Gasteiger partial charge >= 0.3 is 0 Å². The number of benzene rings is 13. The van der Waals surface area contributed by atoms with E-state index in [1.54, 1.807) is 0 Å². The van der Waals surface area contributed by atoms with E-state index < -0.39 is 0 Å². The SMILES string of the molecule is Cc1ccccc1-c1cccc(-c2cccc(N(c3cccc(-c4ccccc4)c3)c3cc4oc5cc(N(c6cccc(-c7ccccc7)c6)c6cccc7c6oc6c(-c8ccccc8C)cccc67)ccc5c4c4ccccc34)c2)c1O. The second-order valence-electron chi connectivity index (χ2n) is 21.4. The van der Waals surface area contributed by atoms with Crippen LogP contribution in [0.25, 0.3) is 110 Å². The van der Waals surface area contributed by atoms with Gasteiger partial charge in [0.1, 0.15) is 22.5 Å². The summed E-state index contributed by atoms with van der Waals surface area (Å²) in [5.74, 6) is 0.245. The lowest BCUT2D eigenvalue weighted by Gasteiger charge is -2.28. The lowest BCUT2D eigenvalue weighted by Crippen LogP contribution is -2.11. The molecule has 83 heavy (non-hydrogen) atoms. The van der Waals surface area contributed by atoms with Crippen molar-refractivity contribution in [1.29, 1.82) is 0 Å². The fraction of sp³-hybridized carbons (Fsp3) is 0.0256. The van der Waals surface area contributed by atoms with Crippen LogP contribution in [-0.4, -0.2) is 5.11 Å². The highest BCUT2D eigenvalue weighted by Gasteiger charge is 2.26. The van der Waals surface area contributed by atoms with Crippen LogP contribution in [0.3, 0.4) is 0 Å². The van der Waals surface area contributed by atoms with Crippen molar-refractivity contribution in [3.8, 4) is 61.4 Å². The molecule has 0 aliphatic heterocycles. The predicted octanol–water partition coefficient (Wildman–Crippen LogP) is 22.2. The smallest absolute Gasteiger partial charge is 0.159 e. The van der Waals surface area contributed by atoms with Gasteiger partial charge in [-0.2, -0.15) is 0 Å². The van der Waals surface area contributed by atoms with Crippen molar-refractivity contribution in [3.05, 3.63) is 296 Å². The zero-order valence-corrected chi connectivity index (χ0v) is 45.8. The Hall–Kier alpha value is -10.9. The number of phenolic OH excluding ortho intramolecular Hbond substituents is 1. The first-order valence-electron chi connectivity index (χ1n) is 28.2. The number of aromatic hydroxyl groups is 1. The van der Waals surface area contributed by atoms with Crippen LogP contribution in [0, 0.1) is 13.8 Å². The molecule has 0 aliphatic rings. The second-order valence-corrected chi connectivity index (χ2v) is 21.4. The fourth-order valence-electron chi connectivity index (χ4n) is 12.4. The van der Waals surface area contributed by atoms with Crippen molar-refractivity contribution in [1.82, 2.24) is 0 Å². The van der Waals surface area contributed by atoms with Gasteiger partial charge in [-0.05, 0) is 124 Å². The number of hydrogen-bond donors (Lipinski definition) is 1. The fourth-order valence-corrected chi connectivity index (χ4v) is 12.4. The van der Waals surface area contributed by atoms with E-state index in [1.807, 2.05) is 30.3 Å². The van der Waals surface area contributed by atoms with Gasteiger partial charge < -0.3 is 23.7 Å². The zero-order valence-electron chi connectivity index (χ0n) is 45.8. The Labute approximate surface area is 481 Å². The van der Waals surface area contributed by atoms with Crippen molar-refractivity contribution >= 4 is 88.8 Å². The van der Waals surface area contributed by atoms with E-state index in [0.29, 0.717) is 0 Å². The van der Waals surface area contributed by atoms with Crippen LogP contribution in [-0.2, 0) is 0 Å². The molecule has 0 unspecified atom stereocenters. The Balaban J connectivity index is 0.925. The minimum absolute atomic E-state index is 0.245. The molecule has 0 fully saturated rings. The summed E-state index contributed by atoms with van der Waals surface area (Å²) in [6.07, 6.45) is 0. The summed E-state index contributed by atoms with van der Waals surface area (Å²) in [5.41, 5.74) is 21.2. The minimum atomic E-state index is 0.245. The Bertz CT molecular complexity index is 4980. The van der Waals surface area contributed by atoms with Crippen molar-refractivity contribution in [2.45, 2.75) is 13.8 Å². The summed E-state index contributed by atoms with van der Waals surface area (Å²) in [5, 5.41) is 18.4. The van der Waals surface area contributed by atoms with E-state index in [0.717, 1.165) is 150 Å². The zero-order chi connectivity index (χ0) is 55.5. The first-order chi connectivity index (χ1) is 40.9. The molecule has 2 aromatic heterocycles. The molecule has 0 atom stereocenters. The van der Waals surface area contributed by atoms with Crippen LogP contribution in [0.5, 0.6) is 5.75 Å². The third-order valence-corrected chi connectivity index (χ3v) is 16.4. The first-order valence-corrected chi connectivity index (χ1v) is 28.2. The largest absolute Gasteiger partial charge is 0.507 e. The average molecular weight is 1070 g/mol. The van der Waals surface area contributed by atoms with E-state index in [4.69, 9.17) is 8.83 Å². The summed E-state index contributed by atoms with van der Waals surface area (Å²) < 4.78 is 14.4. The number of para-hydroxylation sites is 3. The molecular formula is C78H54N2O3. The molecule has 5 heteroatoms. The molecule has 5 nitrogen and oxygen atoms in total. The molecule has 0 radical (unpaired) electrons. The summed E-state index contributed by atoms with van der Waals surface area (Å²) in [4.78, 5) is 4.64. The number of furan rings is 2. The monoisotopic (exact) mass is 1070 g/mol. The maximum absolute atomic E-state index is 12.1. The number of rotatable bonds is 11.